The molecular weight excluding hydrogens is 174 g/mol. The van der Waals surface area contributed by atoms with Gasteiger partial charge in [-0.15, -0.1) is 0 Å². The fraction of sp³-hybridized carbons (Fsp3) is 0.250. The molecular formula is C12H13NO. The third kappa shape index (κ3) is 1.43. The van der Waals surface area contributed by atoms with Crippen LogP contribution in [0.2, 0.25) is 0 Å². The molecule has 0 atom stereocenters. The van der Waals surface area contributed by atoms with E-state index in [0.717, 1.165) is 23.4 Å². The smallest absolute Gasteiger partial charge is 0.137 e. The van der Waals surface area contributed by atoms with Crippen LogP contribution in [0, 0.1) is 6.92 Å². The molecule has 1 aromatic heterocycles. The van der Waals surface area contributed by atoms with E-state index in [2.05, 4.69) is 24.2 Å². The van der Waals surface area contributed by atoms with Gasteiger partial charge in [-0.25, -0.2) is 0 Å². The SMILES string of the molecule is CCc1c(-c2ccccc2)noc1C. The minimum absolute atomic E-state index is 0.923. The predicted octanol–water partition coefficient (Wildman–Crippen LogP) is 3.21. The van der Waals surface area contributed by atoms with Crippen LogP contribution in [-0.2, 0) is 6.42 Å². The summed E-state index contributed by atoms with van der Waals surface area (Å²) in [5.74, 6) is 0.923. The minimum atomic E-state index is 0.923. The third-order valence-corrected chi connectivity index (χ3v) is 2.39. The van der Waals surface area contributed by atoms with Gasteiger partial charge in [-0.1, -0.05) is 42.4 Å². The summed E-state index contributed by atoms with van der Waals surface area (Å²) in [4.78, 5) is 0. The van der Waals surface area contributed by atoms with Gasteiger partial charge in [0.05, 0.1) is 0 Å². The number of benzene rings is 1. The second-order valence-corrected chi connectivity index (χ2v) is 3.29. The van der Waals surface area contributed by atoms with Gasteiger partial charge in [0.1, 0.15) is 11.5 Å². The molecule has 0 saturated heterocycles. The van der Waals surface area contributed by atoms with Crippen LogP contribution < -0.4 is 0 Å². The topological polar surface area (TPSA) is 26.0 Å². The highest BCUT2D eigenvalue weighted by molar-refractivity contribution is 5.63. The largest absolute Gasteiger partial charge is 0.361 e. The summed E-state index contributed by atoms with van der Waals surface area (Å²) < 4.78 is 5.19. The first-order valence-corrected chi connectivity index (χ1v) is 4.83. The van der Waals surface area contributed by atoms with Crippen LogP contribution in [0.4, 0.5) is 0 Å². The lowest BCUT2D eigenvalue weighted by molar-refractivity contribution is 0.398. The molecule has 0 radical (unpaired) electrons. The second kappa shape index (κ2) is 3.66. The average molecular weight is 187 g/mol. The van der Waals surface area contributed by atoms with Crippen molar-refractivity contribution in [1.82, 2.24) is 5.16 Å². The Balaban J connectivity index is 2.52. The van der Waals surface area contributed by atoms with E-state index < -0.39 is 0 Å². The molecule has 0 saturated carbocycles. The molecule has 0 aliphatic rings. The molecule has 0 aliphatic heterocycles. The van der Waals surface area contributed by atoms with E-state index in [-0.39, 0.29) is 0 Å². The van der Waals surface area contributed by atoms with Crippen LogP contribution >= 0.6 is 0 Å². The molecule has 1 heterocycles. The maximum absolute atomic E-state index is 5.19. The van der Waals surface area contributed by atoms with Crippen molar-refractivity contribution in [1.29, 1.82) is 0 Å². The maximum Gasteiger partial charge on any atom is 0.137 e. The van der Waals surface area contributed by atoms with Crippen LogP contribution in [0.25, 0.3) is 11.3 Å². The van der Waals surface area contributed by atoms with Gasteiger partial charge in [-0.2, -0.15) is 0 Å². The summed E-state index contributed by atoms with van der Waals surface area (Å²) >= 11 is 0. The Bertz CT molecular complexity index is 417. The fourth-order valence-corrected chi connectivity index (χ4v) is 1.63. The minimum Gasteiger partial charge on any atom is -0.361 e. The van der Waals surface area contributed by atoms with Crippen molar-refractivity contribution in [2.45, 2.75) is 20.3 Å². The normalized spacial score (nSPS) is 10.4. The second-order valence-electron chi connectivity index (χ2n) is 3.29. The molecule has 0 amide bonds. The molecule has 2 nitrogen and oxygen atoms in total. The zero-order valence-corrected chi connectivity index (χ0v) is 8.45. The molecule has 0 spiro atoms. The number of aryl methyl sites for hydroxylation is 1. The van der Waals surface area contributed by atoms with E-state index in [1.165, 1.54) is 5.56 Å². The summed E-state index contributed by atoms with van der Waals surface area (Å²) in [6.45, 7) is 4.07. The Kier molecular flexibility index (Phi) is 2.35. The van der Waals surface area contributed by atoms with Gasteiger partial charge in [0.15, 0.2) is 0 Å². The van der Waals surface area contributed by atoms with Crippen LogP contribution in [0.3, 0.4) is 0 Å². The summed E-state index contributed by atoms with van der Waals surface area (Å²) in [5, 5.41) is 4.08. The average Bonchev–Trinajstić information content (AvgIpc) is 2.61. The maximum atomic E-state index is 5.19. The molecule has 0 aliphatic carbocycles. The van der Waals surface area contributed by atoms with Gasteiger partial charge < -0.3 is 4.52 Å². The van der Waals surface area contributed by atoms with Crippen molar-refractivity contribution in [3.8, 4) is 11.3 Å². The van der Waals surface area contributed by atoms with Crippen molar-refractivity contribution < 1.29 is 4.52 Å². The van der Waals surface area contributed by atoms with E-state index in [1.807, 2.05) is 25.1 Å². The molecule has 72 valence electrons. The molecule has 1 aromatic carbocycles. The summed E-state index contributed by atoms with van der Waals surface area (Å²) in [7, 11) is 0. The highest BCUT2D eigenvalue weighted by Gasteiger charge is 2.11. The van der Waals surface area contributed by atoms with Crippen LogP contribution in [-0.4, -0.2) is 5.16 Å². The Labute approximate surface area is 83.5 Å². The van der Waals surface area contributed by atoms with E-state index in [9.17, 15) is 0 Å². The van der Waals surface area contributed by atoms with Gasteiger partial charge in [0, 0.05) is 11.1 Å². The summed E-state index contributed by atoms with van der Waals surface area (Å²) in [5.41, 5.74) is 3.31. The van der Waals surface area contributed by atoms with E-state index in [1.54, 1.807) is 0 Å². The standard InChI is InChI=1S/C12H13NO/c1-3-11-9(2)14-13-12(11)10-7-5-4-6-8-10/h4-8H,3H2,1-2H3. The predicted molar refractivity (Wildman–Crippen MR) is 56.1 cm³/mol. The quantitative estimate of drug-likeness (QED) is 0.721. The van der Waals surface area contributed by atoms with Crippen molar-refractivity contribution in [2.75, 3.05) is 0 Å². The lowest BCUT2D eigenvalue weighted by Crippen LogP contribution is -1.85. The van der Waals surface area contributed by atoms with E-state index >= 15 is 0 Å². The number of aromatic nitrogens is 1. The highest BCUT2D eigenvalue weighted by atomic mass is 16.5. The molecule has 0 bridgehead atoms. The lowest BCUT2D eigenvalue weighted by Gasteiger charge is -1.98. The Morgan fingerprint density at radius 2 is 1.93 bits per heavy atom. The van der Waals surface area contributed by atoms with Gasteiger partial charge >= 0.3 is 0 Å². The van der Waals surface area contributed by atoms with Crippen LogP contribution in [0.15, 0.2) is 34.9 Å². The molecule has 2 heteroatoms. The first kappa shape index (κ1) is 9.00. The van der Waals surface area contributed by atoms with Gasteiger partial charge in [-0.05, 0) is 13.3 Å². The van der Waals surface area contributed by atoms with Crippen molar-refractivity contribution in [3.63, 3.8) is 0 Å². The van der Waals surface area contributed by atoms with Crippen molar-refractivity contribution in [2.24, 2.45) is 0 Å². The first-order valence-electron chi connectivity index (χ1n) is 4.83. The number of hydrogen-bond donors (Lipinski definition) is 0. The monoisotopic (exact) mass is 187 g/mol. The van der Waals surface area contributed by atoms with Crippen LogP contribution in [0.1, 0.15) is 18.2 Å². The molecule has 14 heavy (non-hydrogen) atoms. The Hall–Kier alpha value is -1.57. The number of rotatable bonds is 2. The Morgan fingerprint density at radius 1 is 1.21 bits per heavy atom. The zero-order valence-electron chi connectivity index (χ0n) is 8.45. The summed E-state index contributed by atoms with van der Waals surface area (Å²) in [6, 6.07) is 10.1. The van der Waals surface area contributed by atoms with Gasteiger partial charge in [-0.3, -0.25) is 0 Å². The molecule has 2 aromatic rings. The van der Waals surface area contributed by atoms with Crippen molar-refractivity contribution in [3.05, 3.63) is 41.7 Å². The van der Waals surface area contributed by atoms with Crippen LogP contribution in [0.5, 0.6) is 0 Å². The van der Waals surface area contributed by atoms with E-state index in [0.29, 0.717) is 0 Å². The molecule has 2 rings (SSSR count). The molecule has 0 fully saturated rings. The summed E-state index contributed by atoms with van der Waals surface area (Å²) in [6.07, 6.45) is 0.958. The number of hydrogen-bond acceptors (Lipinski definition) is 2. The van der Waals surface area contributed by atoms with Gasteiger partial charge in [0.25, 0.3) is 0 Å². The lowest BCUT2D eigenvalue weighted by atomic mass is 10.0. The van der Waals surface area contributed by atoms with Gasteiger partial charge in [0.2, 0.25) is 0 Å². The van der Waals surface area contributed by atoms with Crippen molar-refractivity contribution >= 4 is 0 Å². The highest BCUT2D eigenvalue weighted by Crippen LogP contribution is 2.24. The third-order valence-electron chi connectivity index (χ3n) is 2.39. The molecule has 0 unspecified atom stereocenters. The first-order chi connectivity index (χ1) is 6.83. The number of nitrogens with zero attached hydrogens (tertiary/aromatic N) is 1. The fourth-order valence-electron chi connectivity index (χ4n) is 1.63. The Morgan fingerprint density at radius 3 is 2.57 bits per heavy atom. The van der Waals surface area contributed by atoms with E-state index in [4.69, 9.17) is 4.52 Å². The molecule has 0 N–H and O–H groups in total. The zero-order chi connectivity index (χ0) is 9.97.